The molecule has 0 aliphatic carbocycles. The van der Waals surface area contributed by atoms with Crippen molar-refractivity contribution < 1.29 is 24.5 Å². The molecule has 0 saturated heterocycles. The van der Waals surface area contributed by atoms with Crippen molar-refractivity contribution in [1.82, 2.24) is 10.3 Å². The maximum atomic E-state index is 12.8. The van der Waals surface area contributed by atoms with E-state index >= 15 is 0 Å². The quantitative estimate of drug-likeness (QED) is 0.480. The van der Waals surface area contributed by atoms with Gasteiger partial charge in [0.05, 0.1) is 19.8 Å². The van der Waals surface area contributed by atoms with Gasteiger partial charge in [-0.25, -0.2) is 4.98 Å². The summed E-state index contributed by atoms with van der Waals surface area (Å²) in [5.74, 6) is -1.61. The molecule has 0 aliphatic heterocycles. The maximum Gasteiger partial charge on any atom is 0.270 e. The van der Waals surface area contributed by atoms with Crippen LogP contribution >= 0.6 is 0 Å². The fourth-order valence-electron chi connectivity index (χ4n) is 1.11. The summed E-state index contributed by atoms with van der Waals surface area (Å²) in [4.78, 5) is 15.0. The van der Waals surface area contributed by atoms with Gasteiger partial charge in [0.1, 0.15) is 11.2 Å². The number of nitrogens with zero attached hydrogens (tertiary/aromatic N) is 1. The van der Waals surface area contributed by atoms with Crippen LogP contribution in [-0.2, 0) is 0 Å². The lowest BCUT2D eigenvalue weighted by atomic mass is 10.0. The van der Waals surface area contributed by atoms with Gasteiger partial charge in [-0.3, -0.25) is 4.79 Å². The smallest absolute Gasteiger partial charge is 0.270 e. The molecule has 0 atom stereocenters. The number of amides is 1. The highest BCUT2D eigenvalue weighted by Gasteiger charge is 2.30. The second kappa shape index (κ2) is 5.67. The summed E-state index contributed by atoms with van der Waals surface area (Å²) in [6.45, 7) is -1.96. The summed E-state index contributed by atoms with van der Waals surface area (Å²) in [6.07, 6.45) is 0. The molecule has 0 aromatic carbocycles. The highest BCUT2D eigenvalue weighted by atomic mass is 19.1. The molecule has 0 unspecified atom stereocenters. The van der Waals surface area contributed by atoms with Gasteiger partial charge in [0.15, 0.2) is 0 Å². The van der Waals surface area contributed by atoms with Crippen LogP contribution in [0.5, 0.6) is 0 Å². The number of rotatable bonds is 5. The van der Waals surface area contributed by atoms with Crippen molar-refractivity contribution in [2.24, 2.45) is 0 Å². The first-order chi connectivity index (χ1) is 8.06. The van der Waals surface area contributed by atoms with Crippen molar-refractivity contribution in [3.63, 3.8) is 0 Å². The second-order valence-electron chi connectivity index (χ2n) is 3.55. The van der Waals surface area contributed by atoms with E-state index in [4.69, 9.17) is 15.3 Å². The third kappa shape index (κ3) is 3.19. The van der Waals surface area contributed by atoms with Crippen molar-refractivity contribution >= 4 is 5.91 Å². The molecule has 7 heteroatoms. The first-order valence-electron chi connectivity index (χ1n) is 4.84. The van der Waals surface area contributed by atoms with E-state index in [9.17, 15) is 9.18 Å². The van der Waals surface area contributed by atoms with E-state index in [0.29, 0.717) is 0 Å². The first kappa shape index (κ1) is 13.5. The Labute approximate surface area is 96.7 Å². The molecule has 1 rings (SSSR count). The van der Waals surface area contributed by atoms with Gasteiger partial charge in [0.2, 0.25) is 5.95 Å². The Morgan fingerprint density at radius 2 is 1.88 bits per heavy atom. The minimum Gasteiger partial charge on any atom is -0.394 e. The van der Waals surface area contributed by atoms with Gasteiger partial charge in [0.25, 0.3) is 5.91 Å². The summed E-state index contributed by atoms with van der Waals surface area (Å²) in [6, 6.07) is 3.65. The zero-order valence-electron chi connectivity index (χ0n) is 8.93. The Balaban J connectivity index is 2.84. The lowest BCUT2D eigenvalue weighted by molar-refractivity contribution is 0.0372. The monoisotopic (exact) mass is 244 g/mol. The number of aliphatic hydroxyl groups is 3. The van der Waals surface area contributed by atoms with Crippen molar-refractivity contribution in [1.29, 1.82) is 0 Å². The highest BCUT2D eigenvalue weighted by Crippen LogP contribution is 2.05. The van der Waals surface area contributed by atoms with E-state index < -0.39 is 37.2 Å². The minimum atomic E-state index is -1.55. The molecule has 1 aromatic heterocycles. The van der Waals surface area contributed by atoms with Crippen molar-refractivity contribution in [3.05, 3.63) is 29.8 Å². The van der Waals surface area contributed by atoms with Gasteiger partial charge in [0, 0.05) is 0 Å². The predicted molar refractivity (Wildman–Crippen MR) is 55.6 cm³/mol. The topological polar surface area (TPSA) is 103 Å². The van der Waals surface area contributed by atoms with Gasteiger partial charge in [-0.2, -0.15) is 4.39 Å². The van der Waals surface area contributed by atoms with Crippen LogP contribution in [0.4, 0.5) is 4.39 Å². The van der Waals surface area contributed by atoms with E-state index in [-0.39, 0.29) is 5.69 Å². The van der Waals surface area contributed by atoms with E-state index in [0.717, 1.165) is 6.07 Å². The average molecular weight is 244 g/mol. The van der Waals surface area contributed by atoms with Crippen LogP contribution < -0.4 is 5.32 Å². The van der Waals surface area contributed by atoms with E-state index in [1.54, 1.807) is 0 Å². The number of hydrogen-bond donors (Lipinski definition) is 4. The number of carbonyl (C=O) groups excluding carboxylic acids is 1. The van der Waals surface area contributed by atoms with E-state index in [2.05, 4.69) is 10.3 Å². The molecular formula is C10H13FN2O4. The average Bonchev–Trinajstić information content (AvgIpc) is 2.36. The van der Waals surface area contributed by atoms with Crippen LogP contribution in [0.15, 0.2) is 18.2 Å². The summed E-state index contributed by atoms with van der Waals surface area (Å²) >= 11 is 0. The largest absolute Gasteiger partial charge is 0.394 e. The number of carbonyl (C=O) groups is 1. The fourth-order valence-corrected chi connectivity index (χ4v) is 1.11. The Kier molecular flexibility index (Phi) is 4.50. The molecule has 0 fully saturated rings. The fraction of sp³-hybridized carbons (Fsp3) is 0.400. The lowest BCUT2D eigenvalue weighted by Crippen LogP contribution is -2.57. The van der Waals surface area contributed by atoms with Crippen LogP contribution in [0.25, 0.3) is 0 Å². The molecule has 6 nitrogen and oxygen atoms in total. The van der Waals surface area contributed by atoms with Gasteiger partial charge in [-0.05, 0) is 12.1 Å². The number of hydrogen-bond acceptors (Lipinski definition) is 5. The molecule has 0 radical (unpaired) electrons. The van der Waals surface area contributed by atoms with Crippen molar-refractivity contribution in [2.45, 2.75) is 5.54 Å². The number of halogens is 1. The first-order valence-corrected chi connectivity index (χ1v) is 4.84. The molecule has 0 aliphatic rings. The minimum absolute atomic E-state index is 0.204. The van der Waals surface area contributed by atoms with Gasteiger partial charge < -0.3 is 20.6 Å². The van der Waals surface area contributed by atoms with Crippen molar-refractivity contribution in [3.8, 4) is 0 Å². The third-order valence-electron chi connectivity index (χ3n) is 2.23. The molecule has 1 amide bonds. The molecule has 4 N–H and O–H groups in total. The number of aromatic nitrogens is 1. The van der Waals surface area contributed by atoms with Crippen LogP contribution in [-0.4, -0.2) is 51.6 Å². The Morgan fingerprint density at radius 1 is 1.29 bits per heavy atom. The molecule has 0 spiro atoms. The Bertz CT molecular complexity index is 387. The molecule has 1 heterocycles. The zero-order chi connectivity index (χ0) is 12.9. The van der Waals surface area contributed by atoms with Crippen molar-refractivity contribution in [2.75, 3.05) is 19.8 Å². The molecule has 17 heavy (non-hydrogen) atoms. The molecule has 0 bridgehead atoms. The Hall–Kier alpha value is -1.57. The summed E-state index contributed by atoms with van der Waals surface area (Å²) in [7, 11) is 0. The number of nitrogens with one attached hydrogen (secondary N) is 1. The maximum absolute atomic E-state index is 12.8. The van der Waals surface area contributed by atoms with E-state index in [1.807, 2.05) is 0 Å². The van der Waals surface area contributed by atoms with Gasteiger partial charge >= 0.3 is 0 Å². The lowest BCUT2D eigenvalue weighted by Gasteiger charge is -2.28. The van der Waals surface area contributed by atoms with Crippen LogP contribution in [0.2, 0.25) is 0 Å². The summed E-state index contributed by atoms with van der Waals surface area (Å²) < 4.78 is 12.8. The number of pyridine rings is 1. The predicted octanol–water partition coefficient (Wildman–Crippen LogP) is -1.33. The third-order valence-corrected chi connectivity index (χ3v) is 2.23. The summed E-state index contributed by atoms with van der Waals surface area (Å²) in [5.41, 5.74) is -1.75. The number of aliphatic hydroxyl groups excluding tert-OH is 3. The van der Waals surface area contributed by atoms with Gasteiger partial charge in [-0.1, -0.05) is 6.07 Å². The highest BCUT2D eigenvalue weighted by molar-refractivity contribution is 5.92. The van der Waals surface area contributed by atoms with Crippen LogP contribution in [0.3, 0.4) is 0 Å². The van der Waals surface area contributed by atoms with Crippen LogP contribution in [0, 0.1) is 5.95 Å². The second-order valence-corrected chi connectivity index (χ2v) is 3.55. The summed E-state index contributed by atoms with van der Waals surface area (Å²) in [5, 5.41) is 29.2. The Morgan fingerprint density at radius 3 is 2.35 bits per heavy atom. The zero-order valence-corrected chi connectivity index (χ0v) is 8.93. The standard InChI is InChI=1S/C10H13FN2O4/c11-8-3-1-2-7(12-8)9(17)13-10(4-14,5-15)6-16/h1-3,14-16H,4-6H2,(H,13,17). The normalized spacial score (nSPS) is 11.3. The molecular weight excluding hydrogens is 231 g/mol. The van der Waals surface area contributed by atoms with Gasteiger partial charge in [-0.15, -0.1) is 0 Å². The molecule has 0 saturated carbocycles. The SMILES string of the molecule is O=C(NC(CO)(CO)CO)c1cccc(F)n1. The molecule has 1 aromatic rings. The van der Waals surface area contributed by atoms with E-state index in [1.165, 1.54) is 12.1 Å². The van der Waals surface area contributed by atoms with Crippen LogP contribution in [0.1, 0.15) is 10.5 Å². The molecule has 94 valence electrons.